The fourth-order valence-corrected chi connectivity index (χ4v) is 7.61. The molecule has 0 saturated heterocycles. The van der Waals surface area contributed by atoms with Crippen molar-refractivity contribution in [1.82, 2.24) is 9.55 Å². The summed E-state index contributed by atoms with van der Waals surface area (Å²) in [6.07, 6.45) is 6.34. The number of carbonyl (C=O) groups excluding carboxylic acids is 1. The molecule has 3 aromatic carbocycles. The number of anilines is 2. The molecule has 42 heavy (non-hydrogen) atoms. The molecule has 0 bridgehead atoms. The predicted octanol–water partition coefficient (Wildman–Crippen LogP) is 8.09. The quantitative estimate of drug-likeness (QED) is 0.127. The van der Waals surface area contributed by atoms with Crippen LogP contribution >= 0.6 is 11.8 Å². The lowest BCUT2D eigenvalue weighted by Crippen LogP contribution is -2.43. The van der Waals surface area contributed by atoms with Gasteiger partial charge in [0.1, 0.15) is 0 Å². The molecule has 1 spiro atoms. The number of hydrogen-bond acceptors (Lipinski definition) is 4. The van der Waals surface area contributed by atoms with Gasteiger partial charge >= 0.3 is 0 Å². The van der Waals surface area contributed by atoms with Gasteiger partial charge in [-0.05, 0) is 62.9 Å². The van der Waals surface area contributed by atoms with Crippen LogP contribution in [0, 0.1) is 0 Å². The molecule has 1 fully saturated rings. The molecule has 0 unspecified atom stereocenters. The second-order valence-corrected chi connectivity index (χ2v) is 13.1. The Morgan fingerprint density at radius 3 is 2.17 bits per heavy atom. The predicted molar refractivity (Wildman–Crippen MR) is 173 cm³/mol. The van der Waals surface area contributed by atoms with E-state index < -0.39 is 5.25 Å². The zero-order valence-electron chi connectivity index (χ0n) is 24.4. The van der Waals surface area contributed by atoms with E-state index in [1.807, 2.05) is 80.6 Å². The molecule has 1 heterocycles. The maximum atomic E-state index is 14.6. The summed E-state index contributed by atoms with van der Waals surface area (Å²) in [5.74, 6) is -0.0737. The third-order valence-corrected chi connectivity index (χ3v) is 9.66. The molecule has 1 saturated carbocycles. The molecular weight excluding hydrogens is 538 g/mol. The highest BCUT2D eigenvalue weighted by Gasteiger charge is 2.43. The lowest BCUT2D eigenvalue weighted by atomic mass is 9.62. The Morgan fingerprint density at radius 2 is 1.55 bits per heavy atom. The molecule has 214 valence electrons. The van der Waals surface area contributed by atoms with Gasteiger partial charge in [-0.2, -0.15) is 0 Å². The van der Waals surface area contributed by atoms with Crippen LogP contribution in [-0.4, -0.2) is 20.7 Å². The fourth-order valence-electron chi connectivity index (χ4n) is 6.67. The molecule has 6 rings (SSSR count). The summed E-state index contributed by atoms with van der Waals surface area (Å²) < 4.78 is 1.77. The normalized spacial score (nSPS) is 15.9. The second kappa shape index (κ2) is 11.8. The van der Waals surface area contributed by atoms with Gasteiger partial charge in [-0.3, -0.25) is 19.1 Å². The average Bonchev–Trinajstić information content (AvgIpc) is 3.00. The van der Waals surface area contributed by atoms with Gasteiger partial charge in [-0.25, -0.2) is 4.98 Å². The smallest absolute Gasteiger partial charge is 0.258 e. The molecule has 1 atom stereocenters. The van der Waals surface area contributed by atoms with Crippen LogP contribution in [0.2, 0.25) is 0 Å². The van der Waals surface area contributed by atoms with Crippen molar-refractivity contribution in [2.24, 2.45) is 0 Å². The van der Waals surface area contributed by atoms with E-state index in [4.69, 9.17) is 4.98 Å². The summed E-state index contributed by atoms with van der Waals surface area (Å²) >= 11 is 1.35. The van der Waals surface area contributed by atoms with Gasteiger partial charge in [0.25, 0.3) is 5.56 Å². The van der Waals surface area contributed by atoms with Gasteiger partial charge in [0.15, 0.2) is 5.16 Å². The Bertz CT molecular complexity index is 1630. The van der Waals surface area contributed by atoms with Crippen LogP contribution in [0.1, 0.15) is 57.1 Å². The average molecular weight is 576 g/mol. The van der Waals surface area contributed by atoms with Crippen LogP contribution in [0.25, 0.3) is 11.3 Å². The fraction of sp³-hybridized carbons (Fsp3) is 0.306. The van der Waals surface area contributed by atoms with E-state index in [0.717, 1.165) is 65.9 Å². The van der Waals surface area contributed by atoms with E-state index in [2.05, 4.69) is 24.8 Å². The van der Waals surface area contributed by atoms with E-state index in [0.29, 0.717) is 11.7 Å². The van der Waals surface area contributed by atoms with Crippen LogP contribution in [0.15, 0.2) is 107 Å². The molecule has 6 heteroatoms. The highest BCUT2D eigenvalue weighted by Crippen LogP contribution is 2.49. The second-order valence-electron chi connectivity index (χ2n) is 11.7. The zero-order valence-corrected chi connectivity index (χ0v) is 25.2. The molecule has 1 amide bonds. The first-order valence-corrected chi connectivity index (χ1v) is 15.7. The number of carbonyl (C=O) groups is 1. The monoisotopic (exact) mass is 575 g/mol. The maximum absolute atomic E-state index is 14.6. The minimum Gasteiger partial charge on any atom is -0.283 e. The highest BCUT2D eigenvalue weighted by atomic mass is 32.2. The largest absolute Gasteiger partial charge is 0.283 e. The summed E-state index contributed by atoms with van der Waals surface area (Å²) in [4.78, 5) is 35.7. The third kappa shape index (κ3) is 5.24. The van der Waals surface area contributed by atoms with Gasteiger partial charge in [-0.1, -0.05) is 104 Å². The van der Waals surface area contributed by atoms with Crippen molar-refractivity contribution in [3.63, 3.8) is 0 Å². The minimum absolute atomic E-state index is 0.0181. The van der Waals surface area contributed by atoms with Gasteiger partial charge in [0.05, 0.1) is 16.5 Å². The Kier molecular flexibility index (Phi) is 7.91. The Balaban J connectivity index is 1.46. The maximum Gasteiger partial charge on any atom is 0.258 e. The summed E-state index contributed by atoms with van der Waals surface area (Å²) in [5, 5.41) is 0.0561. The number of rotatable bonds is 7. The van der Waals surface area contributed by atoms with Crippen molar-refractivity contribution in [1.29, 1.82) is 0 Å². The number of amides is 1. The van der Waals surface area contributed by atoms with Crippen LogP contribution < -0.4 is 10.5 Å². The van der Waals surface area contributed by atoms with Crippen molar-refractivity contribution < 1.29 is 4.79 Å². The first-order chi connectivity index (χ1) is 20.4. The number of hydrogen-bond donors (Lipinski definition) is 0. The van der Waals surface area contributed by atoms with E-state index in [1.54, 1.807) is 9.47 Å². The van der Waals surface area contributed by atoms with Gasteiger partial charge in [0.2, 0.25) is 5.91 Å². The van der Waals surface area contributed by atoms with Crippen molar-refractivity contribution in [2.45, 2.75) is 74.7 Å². The first-order valence-electron chi connectivity index (χ1n) is 14.9. The summed E-state index contributed by atoms with van der Waals surface area (Å²) in [6.45, 7) is 8.35. The van der Waals surface area contributed by atoms with Gasteiger partial charge < -0.3 is 0 Å². The molecule has 1 aromatic heterocycles. The Hall–Kier alpha value is -3.90. The first kappa shape index (κ1) is 28.2. The number of para-hydroxylation sites is 2. The lowest BCUT2D eigenvalue weighted by Gasteiger charge is -2.42. The van der Waals surface area contributed by atoms with Crippen molar-refractivity contribution >= 4 is 29.0 Å². The topological polar surface area (TPSA) is 55.2 Å². The van der Waals surface area contributed by atoms with Crippen LogP contribution in [0.5, 0.6) is 0 Å². The molecule has 2 aliphatic rings. The molecule has 0 aliphatic heterocycles. The zero-order chi connectivity index (χ0) is 29.3. The highest BCUT2D eigenvalue weighted by molar-refractivity contribution is 8.00. The number of thioether (sulfide) groups is 1. The molecule has 2 aliphatic carbocycles. The van der Waals surface area contributed by atoms with Crippen molar-refractivity contribution in [2.75, 3.05) is 4.90 Å². The number of aromatic nitrogens is 2. The number of fused-ring (bicyclic) bond motifs is 4. The summed E-state index contributed by atoms with van der Waals surface area (Å²) in [5.41, 5.74) is 6.26. The van der Waals surface area contributed by atoms with Crippen molar-refractivity contribution in [3.8, 4) is 11.3 Å². The molecule has 5 nitrogen and oxygen atoms in total. The Labute approximate surface area is 252 Å². The number of allylic oxidation sites excluding steroid dienone is 1. The van der Waals surface area contributed by atoms with Crippen molar-refractivity contribution in [3.05, 3.63) is 119 Å². The number of benzene rings is 3. The standard InChI is InChI=1S/C36H37N3O2S/c1-25(2)24-38-34(41)31-32(30-20-12-11-15-27(30)23-36(31)21-13-6-14-22-36)37-35(38)42-26(3)33(40)39(28-16-7-4-8-17-28)29-18-9-5-10-19-29/h4-5,7-12,15-20,26H,1,6,13-14,21-24H2,2-3H3/t26-/m0/s1. The molecular formula is C36H37N3O2S. The van der Waals surface area contributed by atoms with Gasteiger partial charge in [-0.15, -0.1) is 0 Å². The van der Waals surface area contributed by atoms with E-state index in [1.165, 1.54) is 23.7 Å². The Morgan fingerprint density at radius 1 is 0.952 bits per heavy atom. The number of nitrogens with zero attached hydrogens (tertiary/aromatic N) is 3. The van der Waals surface area contributed by atoms with E-state index in [-0.39, 0.29) is 16.9 Å². The summed E-state index contributed by atoms with van der Waals surface area (Å²) in [7, 11) is 0. The van der Waals surface area contributed by atoms with Gasteiger partial charge in [0, 0.05) is 28.9 Å². The molecule has 0 radical (unpaired) electrons. The third-order valence-electron chi connectivity index (χ3n) is 8.58. The summed E-state index contributed by atoms with van der Waals surface area (Å²) in [6, 6.07) is 27.8. The molecule has 0 N–H and O–H groups in total. The minimum atomic E-state index is -0.505. The van der Waals surface area contributed by atoms with Crippen LogP contribution in [-0.2, 0) is 23.2 Å². The lowest BCUT2D eigenvalue weighted by molar-refractivity contribution is -0.117. The SMILES string of the molecule is C=C(C)Cn1c(S[C@@H](C)C(=O)N(c2ccccc2)c2ccccc2)nc2c(c1=O)C1(CCCCC1)Cc1ccccc1-2. The van der Waals surface area contributed by atoms with Crippen LogP contribution in [0.4, 0.5) is 11.4 Å². The molecule has 4 aromatic rings. The van der Waals surface area contributed by atoms with E-state index in [9.17, 15) is 9.59 Å². The van der Waals surface area contributed by atoms with Crippen LogP contribution in [0.3, 0.4) is 0 Å². The van der Waals surface area contributed by atoms with E-state index >= 15 is 0 Å².